The summed E-state index contributed by atoms with van der Waals surface area (Å²) in [5.74, 6) is 1.31. The van der Waals surface area contributed by atoms with Gasteiger partial charge in [-0.25, -0.2) is 0 Å². The molecule has 1 N–H and O–H groups in total. The number of amides is 1. The lowest BCUT2D eigenvalue weighted by atomic mass is 9.97. The van der Waals surface area contributed by atoms with E-state index in [2.05, 4.69) is 15.2 Å². The van der Waals surface area contributed by atoms with E-state index in [1.165, 1.54) is 0 Å². The second-order valence-electron chi connectivity index (χ2n) is 6.83. The minimum Gasteiger partial charge on any atom is -0.420 e. The van der Waals surface area contributed by atoms with Crippen LogP contribution in [0.4, 0.5) is 0 Å². The number of fused-ring (bicyclic) bond motifs is 1. The maximum Gasteiger partial charge on any atom is 0.253 e. The summed E-state index contributed by atoms with van der Waals surface area (Å²) in [6, 6.07) is 9.73. The lowest BCUT2D eigenvalue weighted by Crippen LogP contribution is -2.39. The average molecular weight is 378 g/mol. The molecule has 0 spiro atoms. The van der Waals surface area contributed by atoms with Crippen molar-refractivity contribution in [1.29, 1.82) is 0 Å². The molecule has 5 rings (SSSR count). The van der Waals surface area contributed by atoms with Gasteiger partial charge in [0.15, 0.2) is 0 Å². The second-order valence-corrected chi connectivity index (χ2v) is 7.61. The van der Waals surface area contributed by atoms with E-state index < -0.39 is 0 Å². The van der Waals surface area contributed by atoms with Crippen LogP contribution in [0, 0.1) is 0 Å². The molecule has 4 heterocycles. The highest BCUT2D eigenvalue weighted by Crippen LogP contribution is 2.30. The van der Waals surface area contributed by atoms with Crippen LogP contribution < -0.4 is 0 Å². The summed E-state index contributed by atoms with van der Waals surface area (Å²) in [4.78, 5) is 18.0. The van der Waals surface area contributed by atoms with Gasteiger partial charge in [0.2, 0.25) is 11.8 Å². The van der Waals surface area contributed by atoms with E-state index in [4.69, 9.17) is 4.42 Å². The minimum atomic E-state index is 0.0559. The number of benzene rings is 1. The van der Waals surface area contributed by atoms with Gasteiger partial charge in [-0.2, -0.15) is 11.3 Å². The van der Waals surface area contributed by atoms with E-state index in [9.17, 15) is 4.79 Å². The summed E-state index contributed by atoms with van der Waals surface area (Å²) in [6.07, 6.45) is 3.77. The van der Waals surface area contributed by atoms with Crippen molar-refractivity contribution in [3.05, 3.63) is 58.7 Å². The SMILES string of the molecule is O=C(c1ccc2[nH]ccc2c1)N1CCCC(c2nnc(-c3ccsc3)o2)C1. The van der Waals surface area contributed by atoms with Crippen molar-refractivity contribution in [2.45, 2.75) is 18.8 Å². The molecule has 1 unspecified atom stereocenters. The van der Waals surface area contributed by atoms with Crippen LogP contribution in [0.3, 0.4) is 0 Å². The number of thiophene rings is 1. The van der Waals surface area contributed by atoms with Crippen LogP contribution in [-0.4, -0.2) is 39.1 Å². The first kappa shape index (κ1) is 16.3. The number of aromatic nitrogens is 3. The molecule has 7 heteroatoms. The van der Waals surface area contributed by atoms with Gasteiger partial charge in [-0.3, -0.25) is 4.79 Å². The van der Waals surface area contributed by atoms with E-state index in [0.717, 1.165) is 35.9 Å². The van der Waals surface area contributed by atoms with Crippen molar-refractivity contribution in [3.8, 4) is 11.5 Å². The summed E-state index contributed by atoms with van der Waals surface area (Å²) in [6.45, 7) is 1.36. The Kier molecular flexibility index (Phi) is 4.01. The normalized spacial score (nSPS) is 17.5. The zero-order valence-corrected chi connectivity index (χ0v) is 15.4. The third-order valence-corrected chi connectivity index (χ3v) is 5.75. The first-order valence-corrected chi connectivity index (χ1v) is 9.94. The largest absolute Gasteiger partial charge is 0.420 e. The lowest BCUT2D eigenvalue weighted by molar-refractivity contribution is 0.0698. The molecule has 0 radical (unpaired) electrons. The third kappa shape index (κ3) is 3.04. The first-order valence-electron chi connectivity index (χ1n) is 9.00. The van der Waals surface area contributed by atoms with Crippen molar-refractivity contribution in [1.82, 2.24) is 20.1 Å². The van der Waals surface area contributed by atoms with Gasteiger partial charge in [0.05, 0.1) is 5.92 Å². The Morgan fingerprint density at radius 2 is 2.22 bits per heavy atom. The molecule has 1 aliphatic heterocycles. The van der Waals surface area contributed by atoms with Crippen molar-refractivity contribution in [2.75, 3.05) is 13.1 Å². The van der Waals surface area contributed by atoms with Crippen LogP contribution in [0.1, 0.15) is 35.0 Å². The highest BCUT2D eigenvalue weighted by atomic mass is 32.1. The van der Waals surface area contributed by atoms with E-state index in [1.807, 2.05) is 52.2 Å². The van der Waals surface area contributed by atoms with E-state index in [1.54, 1.807) is 11.3 Å². The molecule has 1 saturated heterocycles. The van der Waals surface area contributed by atoms with Crippen LogP contribution in [-0.2, 0) is 0 Å². The number of piperidine rings is 1. The van der Waals surface area contributed by atoms with Crippen LogP contribution in [0.5, 0.6) is 0 Å². The Balaban J connectivity index is 1.35. The smallest absolute Gasteiger partial charge is 0.253 e. The Labute approximate surface area is 159 Å². The molecular formula is C20H18N4O2S. The monoisotopic (exact) mass is 378 g/mol. The Morgan fingerprint density at radius 1 is 1.26 bits per heavy atom. The Hall–Kier alpha value is -2.93. The maximum atomic E-state index is 13.0. The number of hydrogen-bond donors (Lipinski definition) is 1. The number of rotatable bonds is 3. The number of H-pyrrole nitrogens is 1. The van der Waals surface area contributed by atoms with E-state index >= 15 is 0 Å². The summed E-state index contributed by atoms with van der Waals surface area (Å²) < 4.78 is 5.89. The predicted molar refractivity (Wildman–Crippen MR) is 104 cm³/mol. The molecule has 1 atom stereocenters. The molecule has 27 heavy (non-hydrogen) atoms. The zero-order valence-electron chi connectivity index (χ0n) is 14.6. The summed E-state index contributed by atoms with van der Waals surface area (Å²) in [7, 11) is 0. The predicted octanol–water partition coefficient (Wildman–Crippen LogP) is 4.30. The number of carbonyl (C=O) groups is 1. The molecule has 0 aliphatic carbocycles. The van der Waals surface area contributed by atoms with Gasteiger partial charge in [-0.05, 0) is 48.6 Å². The van der Waals surface area contributed by atoms with Gasteiger partial charge < -0.3 is 14.3 Å². The Morgan fingerprint density at radius 3 is 3.11 bits per heavy atom. The van der Waals surface area contributed by atoms with Gasteiger partial charge in [-0.15, -0.1) is 10.2 Å². The number of likely N-dealkylation sites (tertiary alicyclic amines) is 1. The standard InChI is InChI=1S/C20H18N4O2S/c25-20(14-3-4-17-13(10-14)5-7-21-17)24-8-1-2-15(11-24)18-22-23-19(26-18)16-6-9-27-12-16/h3-7,9-10,12,15,21H,1-2,8,11H2. The molecule has 1 fully saturated rings. The molecule has 1 aliphatic rings. The number of nitrogens with one attached hydrogen (secondary N) is 1. The zero-order chi connectivity index (χ0) is 18.2. The molecule has 3 aromatic heterocycles. The molecule has 6 nitrogen and oxygen atoms in total. The van der Waals surface area contributed by atoms with Crippen molar-refractivity contribution in [3.63, 3.8) is 0 Å². The fourth-order valence-corrected chi connectivity index (χ4v) is 4.26. The molecule has 1 amide bonds. The third-order valence-electron chi connectivity index (χ3n) is 5.07. The van der Waals surface area contributed by atoms with Crippen LogP contribution >= 0.6 is 11.3 Å². The summed E-state index contributed by atoms with van der Waals surface area (Å²) >= 11 is 1.60. The second kappa shape index (κ2) is 6.66. The molecule has 4 aromatic rings. The van der Waals surface area contributed by atoms with Gasteiger partial charge in [0.25, 0.3) is 5.91 Å². The first-order chi connectivity index (χ1) is 13.3. The van der Waals surface area contributed by atoms with Gasteiger partial charge in [0.1, 0.15) is 0 Å². The van der Waals surface area contributed by atoms with Gasteiger partial charge in [0, 0.05) is 46.7 Å². The molecule has 0 saturated carbocycles. The summed E-state index contributed by atoms with van der Waals surface area (Å²) in [5.41, 5.74) is 2.70. The Bertz CT molecular complexity index is 1080. The highest BCUT2D eigenvalue weighted by molar-refractivity contribution is 7.08. The molecule has 1 aromatic carbocycles. The van der Waals surface area contributed by atoms with E-state index in [-0.39, 0.29) is 11.8 Å². The number of carbonyl (C=O) groups excluding carboxylic acids is 1. The fraction of sp³-hybridized carbons (Fsp3) is 0.250. The topological polar surface area (TPSA) is 75.0 Å². The minimum absolute atomic E-state index is 0.0559. The quantitative estimate of drug-likeness (QED) is 0.577. The van der Waals surface area contributed by atoms with Crippen LogP contribution in [0.25, 0.3) is 22.4 Å². The van der Waals surface area contributed by atoms with Crippen molar-refractivity contribution < 1.29 is 9.21 Å². The molecular weight excluding hydrogens is 360 g/mol. The van der Waals surface area contributed by atoms with Gasteiger partial charge in [-0.1, -0.05) is 0 Å². The highest BCUT2D eigenvalue weighted by Gasteiger charge is 2.29. The average Bonchev–Trinajstić information content (AvgIpc) is 3.47. The molecule has 0 bridgehead atoms. The van der Waals surface area contributed by atoms with Crippen LogP contribution in [0.2, 0.25) is 0 Å². The number of aromatic amines is 1. The number of nitrogens with zero attached hydrogens (tertiary/aromatic N) is 3. The van der Waals surface area contributed by atoms with Crippen LogP contribution in [0.15, 0.2) is 51.7 Å². The number of hydrogen-bond acceptors (Lipinski definition) is 5. The van der Waals surface area contributed by atoms with Gasteiger partial charge >= 0.3 is 0 Å². The maximum absolute atomic E-state index is 13.0. The fourth-order valence-electron chi connectivity index (χ4n) is 3.63. The lowest BCUT2D eigenvalue weighted by Gasteiger charge is -2.31. The van der Waals surface area contributed by atoms with Crippen molar-refractivity contribution in [2.24, 2.45) is 0 Å². The van der Waals surface area contributed by atoms with E-state index in [0.29, 0.717) is 23.9 Å². The molecule has 136 valence electrons. The summed E-state index contributed by atoms with van der Waals surface area (Å²) in [5, 5.41) is 13.4. The van der Waals surface area contributed by atoms with Crippen molar-refractivity contribution >= 4 is 28.1 Å².